The lowest BCUT2D eigenvalue weighted by Crippen LogP contribution is -1.92. The van der Waals surface area contributed by atoms with Gasteiger partial charge in [0.25, 0.3) is 0 Å². The first-order valence-electron chi connectivity index (χ1n) is 18.2. The molecule has 0 aliphatic carbocycles. The zero-order valence-electron chi connectivity index (χ0n) is 28.9. The van der Waals surface area contributed by atoms with Crippen molar-refractivity contribution < 1.29 is 0 Å². The Labute approximate surface area is 306 Å². The fourth-order valence-electron chi connectivity index (χ4n) is 8.36. The van der Waals surface area contributed by atoms with Crippen LogP contribution in [0.2, 0.25) is 0 Å². The maximum absolute atomic E-state index is 5.07. The van der Waals surface area contributed by atoms with E-state index in [1.807, 2.05) is 0 Å². The molecular weight excluding hydrogens is 641 g/mol. The fraction of sp³-hybridized carbons (Fsp3) is 0. The summed E-state index contributed by atoms with van der Waals surface area (Å²) in [7, 11) is 0. The van der Waals surface area contributed by atoms with Gasteiger partial charge in [0.1, 0.15) is 5.65 Å². The van der Waals surface area contributed by atoms with Crippen molar-refractivity contribution in [1.29, 1.82) is 0 Å². The van der Waals surface area contributed by atoms with Crippen LogP contribution in [-0.2, 0) is 0 Å². The molecule has 0 N–H and O–H groups in total. The van der Waals surface area contributed by atoms with E-state index in [1.165, 1.54) is 81.9 Å². The Morgan fingerprint density at radius 1 is 0.321 bits per heavy atom. The van der Waals surface area contributed by atoms with E-state index in [1.54, 1.807) is 0 Å². The number of benzene rings is 9. The molecule has 9 aromatic carbocycles. The summed E-state index contributed by atoms with van der Waals surface area (Å²) in [5, 5.41) is 12.4. The molecule has 2 heterocycles. The van der Waals surface area contributed by atoms with Crippen LogP contribution >= 0.6 is 0 Å². The van der Waals surface area contributed by atoms with E-state index in [9.17, 15) is 0 Å². The zero-order chi connectivity index (χ0) is 34.9. The third-order valence-corrected chi connectivity index (χ3v) is 11.0. The number of nitrogens with zero attached hydrogens (tertiary/aromatic N) is 2. The van der Waals surface area contributed by atoms with Crippen molar-refractivity contribution in [2.45, 2.75) is 0 Å². The smallest absolute Gasteiger partial charge is 0.145 e. The molecule has 0 spiro atoms. The molecule has 0 bridgehead atoms. The quantitative estimate of drug-likeness (QED) is 0.170. The van der Waals surface area contributed by atoms with Crippen molar-refractivity contribution in [2.75, 3.05) is 0 Å². The first-order chi connectivity index (χ1) is 26.2. The molecule has 53 heavy (non-hydrogen) atoms. The molecule has 0 aliphatic heterocycles. The Morgan fingerprint density at radius 2 is 0.811 bits per heavy atom. The highest BCUT2D eigenvalue weighted by molar-refractivity contribution is 6.22. The Hall–Kier alpha value is -7.03. The lowest BCUT2D eigenvalue weighted by molar-refractivity contribution is 1.20. The summed E-state index contributed by atoms with van der Waals surface area (Å²) in [6, 6.07) is 66.5. The number of rotatable bonds is 4. The topological polar surface area (TPSA) is 17.3 Å². The van der Waals surface area contributed by atoms with Crippen molar-refractivity contribution in [1.82, 2.24) is 9.38 Å². The summed E-state index contributed by atoms with van der Waals surface area (Å²) >= 11 is 0. The molecule has 0 aliphatic rings. The summed E-state index contributed by atoms with van der Waals surface area (Å²) in [5.41, 5.74) is 10.4. The second-order valence-electron chi connectivity index (χ2n) is 14.0. The lowest BCUT2D eigenvalue weighted by atomic mass is 9.84. The molecule has 11 rings (SSSR count). The van der Waals surface area contributed by atoms with Gasteiger partial charge in [0.2, 0.25) is 0 Å². The first kappa shape index (κ1) is 29.7. The minimum atomic E-state index is 0.969. The van der Waals surface area contributed by atoms with Gasteiger partial charge in [-0.05, 0) is 106 Å². The van der Waals surface area contributed by atoms with E-state index >= 15 is 0 Å². The average molecular weight is 673 g/mol. The Morgan fingerprint density at radius 3 is 1.47 bits per heavy atom. The summed E-state index contributed by atoms with van der Waals surface area (Å²) in [4.78, 5) is 5.07. The van der Waals surface area contributed by atoms with Crippen molar-refractivity contribution in [3.05, 3.63) is 194 Å². The highest BCUT2D eigenvalue weighted by Crippen LogP contribution is 2.45. The Bertz CT molecular complexity index is 3220. The van der Waals surface area contributed by atoms with Gasteiger partial charge in [0, 0.05) is 23.3 Å². The number of pyridine rings is 1. The van der Waals surface area contributed by atoms with E-state index in [-0.39, 0.29) is 0 Å². The molecule has 246 valence electrons. The molecule has 0 saturated heterocycles. The van der Waals surface area contributed by atoms with Gasteiger partial charge < -0.3 is 4.40 Å². The third-order valence-electron chi connectivity index (χ3n) is 11.0. The van der Waals surface area contributed by atoms with Crippen LogP contribution in [0.4, 0.5) is 0 Å². The Balaban J connectivity index is 1.11. The predicted octanol–water partition coefficient (Wildman–Crippen LogP) is 13.8. The van der Waals surface area contributed by atoms with Crippen LogP contribution < -0.4 is 0 Å². The van der Waals surface area contributed by atoms with E-state index in [0.717, 1.165) is 22.3 Å². The predicted molar refractivity (Wildman–Crippen MR) is 224 cm³/mol. The standard InChI is InChI=1S/C51H32N2/c1-3-12-38-29-41(23-19-33(38)9-1)49-44-15-7-8-16-45(44)50(42-24-20-34-10-2-4-13-39(34)30-42)47-31-40(25-26-46(47)49)35-17-21-37(22-18-35)48-32-53-28-27-36-11-5-6-14-43(36)51(53)52-48/h1-32H. The van der Waals surface area contributed by atoms with Gasteiger partial charge in [0.15, 0.2) is 0 Å². The highest BCUT2D eigenvalue weighted by Gasteiger charge is 2.18. The second kappa shape index (κ2) is 11.8. The van der Waals surface area contributed by atoms with Gasteiger partial charge in [-0.25, -0.2) is 4.98 Å². The molecular formula is C51H32N2. The van der Waals surface area contributed by atoms with Crippen LogP contribution in [0, 0.1) is 0 Å². The molecule has 0 amide bonds. The fourth-order valence-corrected chi connectivity index (χ4v) is 8.36. The number of fused-ring (bicyclic) bond motifs is 7. The van der Waals surface area contributed by atoms with Gasteiger partial charge >= 0.3 is 0 Å². The van der Waals surface area contributed by atoms with Crippen LogP contribution in [0.1, 0.15) is 0 Å². The van der Waals surface area contributed by atoms with Gasteiger partial charge in [-0.2, -0.15) is 0 Å². The highest BCUT2D eigenvalue weighted by atomic mass is 15.0. The summed E-state index contributed by atoms with van der Waals surface area (Å²) in [6.45, 7) is 0. The number of aromatic nitrogens is 2. The molecule has 0 saturated carbocycles. The van der Waals surface area contributed by atoms with E-state index < -0.39 is 0 Å². The summed E-state index contributed by atoms with van der Waals surface area (Å²) in [6.07, 6.45) is 4.22. The van der Waals surface area contributed by atoms with Crippen LogP contribution in [0.25, 0.3) is 104 Å². The molecule has 0 atom stereocenters. The van der Waals surface area contributed by atoms with E-state index in [4.69, 9.17) is 4.98 Å². The largest absolute Gasteiger partial charge is 0.306 e. The van der Waals surface area contributed by atoms with Crippen LogP contribution in [0.3, 0.4) is 0 Å². The Kier molecular flexibility index (Phi) is 6.59. The number of imidazole rings is 1. The van der Waals surface area contributed by atoms with Crippen molar-refractivity contribution >= 4 is 59.5 Å². The summed E-state index contributed by atoms with van der Waals surface area (Å²) < 4.78 is 2.13. The van der Waals surface area contributed by atoms with Crippen LogP contribution in [-0.4, -0.2) is 9.38 Å². The maximum Gasteiger partial charge on any atom is 0.145 e. The molecule has 0 radical (unpaired) electrons. The normalized spacial score (nSPS) is 11.8. The van der Waals surface area contributed by atoms with E-state index in [0.29, 0.717) is 0 Å². The van der Waals surface area contributed by atoms with Crippen LogP contribution in [0.5, 0.6) is 0 Å². The maximum atomic E-state index is 5.07. The zero-order valence-corrected chi connectivity index (χ0v) is 28.9. The van der Waals surface area contributed by atoms with Crippen molar-refractivity contribution in [2.24, 2.45) is 0 Å². The molecule has 0 fully saturated rings. The third kappa shape index (κ3) is 4.84. The summed E-state index contributed by atoms with van der Waals surface area (Å²) in [5.74, 6) is 0. The first-order valence-corrected chi connectivity index (χ1v) is 18.2. The van der Waals surface area contributed by atoms with Gasteiger partial charge in [-0.3, -0.25) is 0 Å². The van der Waals surface area contributed by atoms with E-state index in [2.05, 4.69) is 199 Å². The average Bonchev–Trinajstić information content (AvgIpc) is 3.68. The lowest BCUT2D eigenvalue weighted by Gasteiger charge is -2.19. The molecule has 11 aromatic rings. The van der Waals surface area contributed by atoms with Crippen molar-refractivity contribution in [3.8, 4) is 44.6 Å². The molecule has 0 unspecified atom stereocenters. The minimum absolute atomic E-state index is 0.969. The monoisotopic (exact) mass is 672 g/mol. The van der Waals surface area contributed by atoms with Gasteiger partial charge in [0.05, 0.1) is 5.69 Å². The van der Waals surface area contributed by atoms with Crippen molar-refractivity contribution in [3.63, 3.8) is 0 Å². The molecule has 2 aromatic heterocycles. The number of hydrogen-bond acceptors (Lipinski definition) is 1. The number of hydrogen-bond donors (Lipinski definition) is 0. The SMILES string of the molecule is c1ccc2cc(-c3c4ccccc4c(-c4ccc5ccccc5c4)c4cc(-c5ccc(-c6cn7ccc8ccccc8c7n6)cc5)ccc34)ccc2c1. The second-order valence-corrected chi connectivity index (χ2v) is 14.0. The molecule has 2 heteroatoms. The van der Waals surface area contributed by atoms with Gasteiger partial charge in [-0.1, -0.05) is 158 Å². The minimum Gasteiger partial charge on any atom is -0.306 e. The van der Waals surface area contributed by atoms with Gasteiger partial charge in [-0.15, -0.1) is 0 Å². The van der Waals surface area contributed by atoms with Crippen LogP contribution in [0.15, 0.2) is 194 Å². The molecule has 2 nitrogen and oxygen atoms in total.